The van der Waals surface area contributed by atoms with Crippen LogP contribution < -0.4 is 4.90 Å². The molecule has 0 unspecified atom stereocenters. The van der Waals surface area contributed by atoms with Gasteiger partial charge in [0.1, 0.15) is 0 Å². The first-order valence-corrected chi connectivity index (χ1v) is 22.7. The largest absolute Gasteiger partial charge is 0.308 e. The first-order chi connectivity index (χ1) is 31.8. The fourth-order valence-electron chi connectivity index (χ4n) is 9.71. The zero-order valence-corrected chi connectivity index (χ0v) is 35.8. The monoisotopic (exact) mass is 831 g/mol. The molecule has 0 fully saturated rings. The Balaban J connectivity index is 1.11. The fourth-order valence-corrected chi connectivity index (χ4v) is 10.9. The van der Waals surface area contributed by atoms with E-state index in [0.717, 1.165) is 22.6 Å². The van der Waals surface area contributed by atoms with E-state index in [0.29, 0.717) is 0 Å². The van der Waals surface area contributed by atoms with Crippen molar-refractivity contribution < 1.29 is 0 Å². The fraction of sp³-hybridized carbons (Fsp3) is 0. The number of benzene rings is 11. The van der Waals surface area contributed by atoms with Crippen LogP contribution in [-0.4, -0.2) is 0 Å². The van der Waals surface area contributed by atoms with Crippen LogP contribution in [0.2, 0.25) is 0 Å². The molecule has 64 heavy (non-hydrogen) atoms. The van der Waals surface area contributed by atoms with Crippen LogP contribution >= 0.6 is 11.3 Å². The lowest BCUT2D eigenvalue weighted by Crippen LogP contribution is -2.11. The van der Waals surface area contributed by atoms with Crippen LogP contribution in [0.1, 0.15) is 0 Å². The van der Waals surface area contributed by atoms with Crippen molar-refractivity contribution in [2.24, 2.45) is 0 Å². The number of nitrogens with zero attached hydrogens (tertiary/aromatic N) is 1. The molecule has 0 aliphatic carbocycles. The topological polar surface area (TPSA) is 3.24 Å². The predicted octanol–water partition coefficient (Wildman–Crippen LogP) is 18.2. The van der Waals surface area contributed by atoms with Crippen LogP contribution in [0.25, 0.3) is 97.4 Å². The van der Waals surface area contributed by atoms with Gasteiger partial charge in [-0.25, -0.2) is 0 Å². The van der Waals surface area contributed by atoms with Crippen LogP contribution in [0.5, 0.6) is 0 Å². The van der Waals surface area contributed by atoms with Crippen molar-refractivity contribution >= 4 is 70.1 Å². The Bertz CT molecular complexity index is 3650. The van der Waals surface area contributed by atoms with Gasteiger partial charge in [0.2, 0.25) is 0 Å². The smallest absolute Gasteiger partial charge is 0.0640 e. The van der Waals surface area contributed by atoms with Crippen molar-refractivity contribution in [3.05, 3.63) is 249 Å². The molecule has 0 saturated carbocycles. The van der Waals surface area contributed by atoms with Gasteiger partial charge in [-0.15, -0.1) is 11.3 Å². The van der Waals surface area contributed by atoms with Gasteiger partial charge in [0.25, 0.3) is 0 Å². The van der Waals surface area contributed by atoms with E-state index < -0.39 is 0 Å². The molecule has 0 aliphatic heterocycles. The second kappa shape index (κ2) is 16.0. The average Bonchev–Trinajstić information content (AvgIpc) is 3.77. The molecule has 0 bridgehead atoms. The maximum absolute atomic E-state index is 2.50. The van der Waals surface area contributed by atoms with Gasteiger partial charge >= 0.3 is 0 Å². The number of hydrogen-bond donors (Lipinski definition) is 0. The van der Waals surface area contributed by atoms with Gasteiger partial charge in [0, 0.05) is 26.7 Å². The van der Waals surface area contributed by atoms with Crippen LogP contribution in [0.3, 0.4) is 0 Å². The van der Waals surface area contributed by atoms with E-state index in [2.05, 4.69) is 254 Å². The molecule has 11 aromatic carbocycles. The lowest BCUT2D eigenvalue weighted by atomic mass is 9.84. The normalized spacial score (nSPS) is 11.4. The Hall–Kier alpha value is -8.04. The number of hydrogen-bond acceptors (Lipinski definition) is 2. The highest BCUT2D eigenvalue weighted by Gasteiger charge is 2.23. The summed E-state index contributed by atoms with van der Waals surface area (Å²) in [4.78, 5) is 2.50. The van der Waals surface area contributed by atoms with Gasteiger partial charge in [0.05, 0.1) is 16.1 Å². The second-order valence-electron chi connectivity index (χ2n) is 16.4. The van der Waals surface area contributed by atoms with E-state index in [-0.39, 0.29) is 0 Å². The Labute approximate surface area is 377 Å². The van der Waals surface area contributed by atoms with Crippen LogP contribution in [-0.2, 0) is 0 Å². The molecule has 0 spiro atoms. The third-order valence-corrected chi connectivity index (χ3v) is 13.9. The lowest BCUT2D eigenvalue weighted by Gasteiger charge is -2.29. The molecule has 12 aromatic rings. The summed E-state index contributed by atoms with van der Waals surface area (Å²) in [7, 11) is 0. The third kappa shape index (κ3) is 6.55. The van der Waals surface area contributed by atoms with Crippen LogP contribution in [0, 0.1) is 0 Å². The summed E-state index contributed by atoms with van der Waals surface area (Å²) in [6.45, 7) is 0. The van der Waals surface area contributed by atoms with Gasteiger partial charge in [-0.1, -0.05) is 206 Å². The van der Waals surface area contributed by atoms with Crippen LogP contribution in [0.4, 0.5) is 17.1 Å². The molecule has 0 atom stereocenters. The van der Waals surface area contributed by atoms with Crippen molar-refractivity contribution in [3.8, 4) is 55.6 Å². The highest BCUT2D eigenvalue weighted by atomic mass is 32.1. The molecule has 0 N–H and O–H groups in total. The molecule has 1 heterocycles. The molecular weight excluding hydrogens is 791 g/mol. The number of rotatable bonds is 8. The minimum atomic E-state index is 1.10. The van der Waals surface area contributed by atoms with E-state index in [9.17, 15) is 0 Å². The molecular formula is C62H41NS. The zero-order valence-electron chi connectivity index (χ0n) is 35.0. The summed E-state index contributed by atoms with van der Waals surface area (Å²) in [6.07, 6.45) is 0. The molecule has 300 valence electrons. The molecule has 0 amide bonds. The van der Waals surface area contributed by atoms with Crippen LogP contribution in [0.15, 0.2) is 249 Å². The molecule has 1 nitrogen and oxygen atoms in total. The Kier molecular flexibility index (Phi) is 9.43. The highest BCUT2D eigenvalue weighted by molar-refractivity contribution is 7.26. The second-order valence-corrected chi connectivity index (χ2v) is 17.4. The number of thiophene rings is 1. The average molecular weight is 832 g/mol. The number of fused-ring (bicyclic) bond motifs is 6. The standard InChI is InChI=1S/C62H41NS/c1-5-19-42(20-6-1)47-36-38-57(55(40-47)43-21-7-2-8-22-43)63(58-33-18-32-54-52-30-15-16-34-59(52)64-62(54)58)49-28-17-27-46(39-49)48-35-37-51-50-29-13-14-31-53(50)60(44-23-9-3-10-24-44)61(56(51)41-48)45-25-11-4-12-26-45/h1-41H. The molecule has 12 rings (SSSR count). The molecule has 0 saturated heterocycles. The maximum atomic E-state index is 2.50. The lowest BCUT2D eigenvalue weighted by molar-refractivity contribution is 1.30. The van der Waals surface area contributed by atoms with Crippen molar-refractivity contribution in [1.82, 2.24) is 0 Å². The minimum Gasteiger partial charge on any atom is -0.308 e. The summed E-state index contributed by atoms with van der Waals surface area (Å²) in [5, 5.41) is 7.55. The Morgan fingerprint density at radius 2 is 0.766 bits per heavy atom. The first-order valence-electron chi connectivity index (χ1n) is 21.9. The van der Waals surface area contributed by atoms with Gasteiger partial charge in [-0.2, -0.15) is 0 Å². The summed E-state index contributed by atoms with van der Waals surface area (Å²) in [5.41, 5.74) is 15.4. The molecule has 0 radical (unpaired) electrons. The highest BCUT2D eigenvalue weighted by Crippen LogP contribution is 2.50. The zero-order chi connectivity index (χ0) is 42.4. The van der Waals surface area contributed by atoms with Gasteiger partial charge < -0.3 is 4.90 Å². The van der Waals surface area contributed by atoms with Crippen molar-refractivity contribution in [1.29, 1.82) is 0 Å². The van der Waals surface area contributed by atoms with Crippen molar-refractivity contribution in [2.75, 3.05) is 4.90 Å². The summed E-state index contributed by atoms with van der Waals surface area (Å²) in [6, 6.07) is 91.0. The first kappa shape index (κ1) is 37.7. The van der Waals surface area contributed by atoms with E-state index in [1.54, 1.807) is 0 Å². The molecule has 0 aliphatic rings. The van der Waals surface area contributed by atoms with E-state index in [4.69, 9.17) is 0 Å². The molecule has 1 aromatic heterocycles. The molecule has 2 heteroatoms. The van der Waals surface area contributed by atoms with Gasteiger partial charge in [-0.05, 0) is 114 Å². The Morgan fingerprint density at radius 3 is 1.48 bits per heavy atom. The van der Waals surface area contributed by atoms with Crippen molar-refractivity contribution in [3.63, 3.8) is 0 Å². The number of anilines is 3. The summed E-state index contributed by atoms with van der Waals surface area (Å²) in [5.74, 6) is 0. The minimum absolute atomic E-state index is 1.10. The van der Waals surface area contributed by atoms with E-state index in [1.807, 2.05) is 11.3 Å². The Morgan fingerprint density at radius 1 is 0.266 bits per heavy atom. The third-order valence-electron chi connectivity index (χ3n) is 12.6. The maximum Gasteiger partial charge on any atom is 0.0640 e. The van der Waals surface area contributed by atoms with Crippen molar-refractivity contribution in [2.45, 2.75) is 0 Å². The van der Waals surface area contributed by atoms with Gasteiger partial charge in [0.15, 0.2) is 0 Å². The van der Waals surface area contributed by atoms with E-state index >= 15 is 0 Å². The predicted molar refractivity (Wildman–Crippen MR) is 276 cm³/mol. The van der Waals surface area contributed by atoms with E-state index in [1.165, 1.54) is 91.8 Å². The summed E-state index contributed by atoms with van der Waals surface area (Å²) < 4.78 is 2.55. The SMILES string of the molecule is c1ccc(-c2ccc(N(c3cccc(-c4ccc5c(c4)c(-c4ccccc4)c(-c4ccccc4)c4ccccc45)c3)c3cccc4c3sc3ccccc34)c(-c3ccccc3)c2)cc1. The van der Waals surface area contributed by atoms with Gasteiger partial charge in [-0.3, -0.25) is 0 Å². The quantitative estimate of drug-likeness (QED) is 0.138. The summed E-state index contributed by atoms with van der Waals surface area (Å²) >= 11 is 1.87.